The van der Waals surface area contributed by atoms with Crippen LogP contribution in [0.5, 0.6) is 0 Å². The quantitative estimate of drug-likeness (QED) is 0.285. The molecule has 0 aromatic carbocycles. The van der Waals surface area contributed by atoms with Crippen LogP contribution in [0.25, 0.3) is 0 Å². The summed E-state index contributed by atoms with van der Waals surface area (Å²) in [5.41, 5.74) is 0. The summed E-state index contributed by atoms with van der Waals surface area (Å²) in [5, 5.41) is 0. The van der Waals surface area contributed by atoms with Crippen LogP contribution in [-0.4, -0.2) is 18.6 Å². The molecule has 0 bridgehead atoms. The van der Waals surface area contributed by atoms with Gasteiger partial charge in [0.15, 0.2) is 0 Å². The third kappa shape index (κ3) is 9.53. The molecule has 6 aliphatic rings. The van der Waals surface area contributed by atoms with Crippen molar-refractivity contribution in [3.63, 3.8) is 0 Å². The molecule has 0 aliphatic heterocycles. The van der Waals surface area contributed by atoms with Gasteiger partial charge in [0.1, 0.15) is 0 Å². The van der Waals surface area contributed by atoms with Crippen molar-refractivity contribution in [2.75, 3.05) is 0 Å². The van der Waals surface area contributed by atoms with Gasteiger partial charge in [-0.2, -0.15) is 13.2 Å². The lowest BCUT2D eigenvalue weighted by molar-refractivity contribution is -0.346. The summed E-state index contributed by atoms with van der Waals surface area (Å²) in [4.78, 5) is 0. The molecule has 1 nitrogen and oxygen atoms in total. The van der Waals surface area contributed by atoms with E-state index >= 15 is 0 Å². The second-order valence-corrected chi connectivity index (χ2v) is 16.3. The number of hydrogen-bond acceptors (Lipinski definition) is 1. The highest BCUT2D eigenvalue weighted by molar-refractivity contribution is 4.90. The van der Waals surface area contributed by atoms with Crippen molar-refractivity contribution >= 4 is 0 Å². The molecule has 6 aliphatic carbocycles. The first-order chi connectivity index (χ1) is 20.3. The minimum absolute atomic E-state index is 0.385. The second-order valence-electron chi connectivity index (χ2n) is 16.3. The van der Waals surface area contributed by atoms with E-state index in [4.69, 9.17) is 0 Å². The van der Waals surface area contributed by atoms with Gasteiger partial charge in [0.05, 0.1) is 12.0 Å². The number of fused-ring (bicyclic) bond motifs is 2. The van der Waals surface area contributed by atoms with Crippen LogP contribution >= 0.6 is 0 Å². The van der Waals surface area contributed by atoms with Crippen molar-refractivity contribution in [1.82, 2.24) is 0 Å². The first kappa shape index (κ1) is 33.9. The maximum absolute atomic E-state index is 12.8. The molecule has 43 heavy (non-hydrogen) atoms. The molecule has 8 atom stereocenters. The lowest BCUT2D eigenvalue weighted by atomic mass is 9.61. The normalized spacial score (nSPS) is 44.4. The predicted molar refractivity (Wildman–Crippen MR) is 159 cm³/mol. The van der Waals surface area contributed by atoms with E-state index in [2.05, 4.69) is 18.6 Å². The summed E-state index contributed by atoms with van der Waals surface area (Å²) < 4.78 is 79.4. The summed E-state index contributed by atoms with van der Waals surface area (Å²) in [6.45, 7) is 4.75. The number of alkyl halides is 6. The van der Waals surface area contributed by atoms with Crippen molar-refractivity contribution in [3.8, 4) is 0 Å². The molecule has 6 rings (SSSR count). The Morgan fingerprint density at radius 2 is 0.721 bits per heavy atom. The third-order valence-corrected chi connectivity index (χ3v) is 13.4. The van der Waals surface area contributed by atoms with Gasteiger partial charge in [0, 0.05) is 0 Å². The van der Waals surface area contributed by atoms with Crippen LogP contribution in [0.15, 0.2) is 0 Å². The van der Waals surface area contributed by atoms with E-state index in [0.717, 1.165) is 73.0 Å². The molecule has 0 radical (unpaired) electrons. The van der Waals surface area contributed by atoms with E-state index in [1.165, 1.54) is 77.0 Å². The van der Waals surface area contributed by atoms with E-state index in [1.807, 2.05) is 0 Å². The van der Waals surface area contributed by atoms with Gasteiger partial charge < -0.3 is 0 Å². The van der Waals surface area contributed by atoms with Crippen LogP contribution in [0.1, 0.15) is 142 Å². The zero-order valence-corrected chi connectivity index (χ0v) is 26.7. The molecule has 0 N–H and O–H groups in total. The average Bonchev–Trinajstić information content (AvgIpc) is 2.96. The van der Waals surface area contributed by atoms with Gasteiger partial charge >= 0.3 is 12.5 Å². The first-order valence-electron chi connectivity index (χ1n) is 18.1. The van der Waals surface area contributed by atoms with Crippen LogP contribution in [0.3, 0.4) is 0 Å². The van der Waals surface area contributed by atoms with Gasteiger partial charge in [-0.1, -0.05) is 26.7 Å². The van der Waals surface area contributed by atoms with Crippen molar-refractivity contribution in [2.24, 2.45) is 65.1 Å². The van der Waals surface area contributed by atoms with Crippen molar-refractivity contribution < 1.29 is 31.1 Å². The Hall–Kier alpha value is -0.460. The molecule has 0 spiro atoms. The van der Waals surface area contributed by atoms with Gasteiger partial charge in [0.2, 0.25) is 0 Å². The molecule has 8 unspecified atom stereocenters. The molecule has 7 heteroatoms. The van der Waals surface area contributed by atoms with Crippen LogP contribution in [0.2, 0.25) is 0 Å². The molecular weight excluding hydrogens is 562 g/mol. The van der Waals surface area contributed by atoms with Gasteiger partial charge in [-0.05, 0) is 175 Å². The Kier molecular flexibility index (Phi) is 11.5. The van der Waals surface area contributed by atoms with Gasteiger partial charge in [0.25, 0.3) is 0 Å². The van der Waals surface area contributed by atoms with Gasteiger partial charge in [-0.3, -0.25) is 4.74 Å². The van der Waals surface area contributed by atoms with E-state index in [-0.39, 0.29) is 0 Å². The highest BCUT2D eigenvalue weighted by atomic mass is 19.4. The van der Waals surface area contributed by atoms with E-state index in [1.54, 1.807) is 0 Å². The topological polar surface area (TPSA) is 9.23 Å². The largest absolute Gasteiger partial charge is 0.522 e. The number of ether oxygens (including phenoxy) is 1. The summed E-state index contributed by atoms with van der Waals surface area (Å²) in [6.07, 6.45) is 12.7. The van der Waals surface area contributed by atoms with Crippen LogP contribution < -0.4 is 0 Å². The zero-order valence-electron chi connectivity index (χ0n) is 26.7. The summed E-state index contributed by atoms with van der Waals surface area (Å²) in [5.74, 6) is 7.16. The summed E-state index contributed by atoms with van der Waals surface area (Å²) >= 11 is 0. The maximum atomic E-state index is 12.8. The van der Waals surface area contributed by atoms with Crippen molar-refractivity contribution in [2.45, 2.75) is 161 Å². The number of halogens is 6. The Morgan fingerprint density at radius 1 is 0.395 bits per heavy atom. The average molecular weight is 621 g/mol. The van der Waals surface area contributed by atoms with Crippen LogP contribution in [0, 0.1) is 65.1 Å². The molecular formula is C36H58F6O. The molecule has 250 valence electrons. The minimum atomic E-state index is -4.46. The van der Waals surface area contributed by atoms with E-state index < -0.39 is 24.6 Å². The number of rotatable bonds is 3. The molecule has 0 amide bonds. The van der Waals surface area contributed by atoms with E-state index in [9.17, 15) is 26.3 Å². The summed E-state index contributed by atoms with van der Waals surface area (Å²) in [7, 11) is 0. The second kappa shape index (κ2) is 14.5. The Balaban J connectivity index is 0.000000171. The first-order valence-corrected chi connectivity index (χ1v) is 18.1. The Labute approximate surface area is 257 Å². The molecule has 0 aromatic heterocycles. The standard InChI is InChI=1S/C18H29F3O.C18H29F3/c1-12-2-3-16-11-15(5-4-14(16)10-12)13-6-8-17(9-7-13)22-18(19,20)21;1-12-2-3-16-11-15(5-4-14(16)10-12)13-6-8-17(9-7-13)18(19,20)21/h12-17H,2-11H2,1H3;12-17H,2-11H2,1H3. The smallest absolute Gasteiger partial charge is 0.289 e. The fourth-order valence-electron chi connectivity index (χ4n) is 11.0. The molecule has 6 saturated carbocycles. The predicted octanol–water partition coefficient (Wildman–Crippen LogP) is 12.1. The van der Waals surface area contributed by atoms with Gasteiger partial charge in [-0.15, -0.1) is 13.2 Å². The van der Waals surface area contributed by atoms with Crippen LogP contribution in [-0.2, 0) is 4.74 Å². The fourth-order valence-corrected chi connectivity index (χ4v) is 11.0. The van der Waals surface area contributed by atoms with Crippen molar-refractivity contribution in [1.29, 1.82) is 0 Å². The van der Waals surface area contributed by atoms with E-state index in [0.29, 0.717) is 37.5 Å². The SMILES string of the molecule is CC1CCC2CC(C3CCC(C(F)(F)F)CC3)CCC2C1.CC1CCC2CC(C3CCC(OC(F)(F)F)CC3)CCC2C1. The molecule has 0 heterocycles. The lowest BCUT2D eigenvalue weighted by Gasteiger charge is -2.45. The summed E-state index contributed by atoms with van der Waals surface area (Å²) in [6, 6.07) is 0. The molecule has 6 fully saturated rings. The van der Waals surface area contributed by atoms with Crippen LogP contribution in [0.4, 0.5) is 26.3 Å². The third-order valence-electron chi connectivity index (χ3n) is 13.4. The maximum Gasteiger partial charge on any atom is 0.522 e. The molecule has 0 aromatic rings. The molecule has 0 saturated heterocycles. The lowest BCUT2D eigenvalue weighted by Crippen LogP contribution is -2.35. The Morgan fingerprint density at radius 3 is 1.12 bits per heavy atom. The zero-order chi connectivity index (χ0) is 30.8. The highest BCUT2D eigenvalue weighted by Crippen LogP contribution is 2.51. The van der Waals surface area contributed by atoms with Crippen molar-refractivity contribution in [3.05, 3.63) is 0 Å². The minimum Gasteiger partial charge on any atom is -0.289 e. The highest BCUT2D eigenvalue weighted by Gasteiger charge is 2.44. The monoisotopic (exact) mass is 620 g/mol. The fraction of sp³-hybridized carbons (Fsp3) is 1.00. The number of hydrogen-bond donors (Lipinski definition) is 0. The Bertz CT molecular complexity index is 840. The van der Waals surface area contributed by atoms with Gasteiger partial charge in [-0.25, -0.2) is 0 Å².